The van der Waals surface area contributed by atoms with Gasteiger partial charge in [-0.15, -0.1) is 0 Å². The van der Waals surface area contributed by atoms with E-state index in [0.717, 1.165) is 12.0 Å². The quantitative estimate of drug-likeness (QED) is 0.703. The normalized spacial score (nSPS) is 29.1. The summed E-state index contributed by atoms with van der Waals surface area (Å²) in [7, 11) is 2.14. The largest absolute Gasteiger partial charge is 0.316 e. The summed E-state index contributed by atoms with van der Waals surface area (Å²) < 4.78 is 0. The van der Waals surface area contributed by atoms with Crippen molar-refractivity contribution in [3.8, 4) is 0 Å². The van der Waals surface area contributed by atoms with E-state index in [1.807, 2.05) is 0 Å². The van der Waals surface area contributed by atoms with Crippen LogP contribution in [-0.4, -0.2) is 13.1 Å². The van der Waals surface area contributed by atoms with E-state index >= 15 is 0 Å². The first-order chi connectivity index (χ1) is 6.24. The highest BCUT2D eigenvalue weighted by molar-refractivity contribution is 4.99. The zero-order valence-electron chi connectivity index (χ0n) is 9.10. The predicted octanol–water partition coefficient (Wildman–Crippen LogP) is 2.95. The highest BCUT2D eigenvalue weighted by atomic mass is 14.9. The van der Waals surface area contributed by atoms with Crippen LogP contribution < -0.4 is 5.32 Å². The van der Waals surface area contributed by atoms with Crippen molar-refractivity contribution in [2.24, 2.45) is 11.3 Å². The summed E-state index contributed by atoms with van der Waals surface area (Å²) in [5.74, 6) is 1.04. The molecule has 0 aromatic rings. The van der Waals surface area contributed by atoms with Crippen molar-refractivity contribution in [1.82, 2.24) is 5.32 Å². The van der Waals surface area contributed by atoms with Crippen molar-refractivity contribution in [2.75, 3.05) is 7.05 Å². The van der Waals surface area contributed by atoms with Gasteiger partial charge in [-0.2, -0.15) is 0 Å². The summed E-state index contributed by atoms with van der Waals surface area (Å²) in [5, 5.41) is 3.53. The van der Waals surface area contributed by atoms with Crippen LogP contribution in [0.2, 0.25) is 0 Å². The Kier molecular flexibility index (Phi) is 2.64. The molecule has 0 aromatic carbocycles. The summed E-state index contributed by atoms with van der Waals surface area (Å²) in [6.07, 6.45) is 10.3. The zero-order valence-corrected chi connectivity index (χ0v) is 9.10. The molecule has 0 radical (unpaired) electrons. The Morgan fingerprint density at radius 3 is 2.38 bits per heavy atom. The Morgan fingerprint density at radius 1 is 1.31 bits per heavy atom. The maximum Gasteiger partial charge on any atom is 0.0120 e. The van der Waals surface area contributed by atoms with Crippen molar-refractivity contribution >= 4 is 0 Å². The lowest BCUT2D eigenvalue weighted by molar-refractivity contribution is 0.305. The molecule has 1 unspecified atom stereocenters. The van der Waals surface area contributed by atoms with E-state index in [-0.39, 0.29) is 0 Å². The third-order valence-electron chi connectivity index (χ3n) is 4.27. The molecule has 0 spiro atoms. The smallest absolute Gasteiger partial charge is 0.0120 e. The van der Waals surface area contributed by atoms with E-state index in [2.05, 4.69) is 19.3 Å². The van der Waals surface area contributed by atoms with Crippen LogP contribution in [0.25, 0.3) is 0 Å². The van der Waals surface area contributed by atoms with Crippen LogP contribution in [0.1, 0.15) is 51.9 Å². The highest BCUT2D eigenvalue weighted by Crippen LogP contribution is 2.50. The van der Waals surface area contributed by atoms with Gasteiger partial charge in [-0.05, 0) is 37.6 Å². The second kappa shape index (κ2) is 3.61. The molecule has 2 aliphatic rings. The van der Waals surface area contributed by atoms with Gasteiger partial charge in [0, 0.05) is 6.04 Å². The Bertz CT molecular complexity index is 166. The number of hydrogen-bond donors (Lipinski definition) is 1. The summed E-state index contributed by atoms with van der Waals surface area (Å²) in [6, 6.07) is 0.801. The van der Waals surface area contributed by atoms with Crippen molar-refractivity contribution < 1.29 is 0 Å². The minimum Gasteiger partial charge on any atom is -0.316 e. The highest BCUT2D eigenvalue weighted by Gasteiger charge is 2.44. The van der Waals surface area contributed by atoms with Gasteiger partial charge in [0.05, 0.1) is 0 Å². The first-order valence-corrected chi connectivity index (χ1v) is 5.92. The van der Waals surface area contributed by atoms with Gasteiger partial charge in [-0.1, -0.05) is 32.6 Å². The molecule has 0 heterocycles. The first-order valence-electron chi connectivity index (χ1n) is 5.92. The third kappa shape index (κ3) is 2.07. The third-order valence-corrected chi connectivity index (χ3v) is 4.27. The fourth-order valence-corrected chi connectivity index (χ4v) is 2.88. The first kappa shape index (κ1) is 9.51. The molecule has 2 fully saturated rings. The number of hydrogen-bond acceptors (Lipinski definition) is 1. The van der Waals surface area contributed by atoms with Gasteiger partial charge in [0.2, 0.25) is 0 Å². The molecule has 1 heteroatoms. The zero-order chi connectivity index (χ0) is 9.31. The fourth-order valence-electron chi connectivity index (χ4n) is 2.88. The Morgan fingerprint density at radius 2 is 1.92 bits per heavy atom. The van der Waals surface area contributed by atoms with E-state index in [1.54, 1.807) is 0 Å². The molecule has 2 saturated carbocycles. The molecule has 2 aliphatic carbocycles. The van der Waals surface area contributed by atoms with Crippen LogP contribution in [-0.2, 0) is 0 Å². The SMILES string of the molecule is CNC(CC1CCCC1)C1(C)CC1. The van der Waals surface area contributed by atoms with Crippen LogP contribution in [0.5, 0.6) is 0 Å². The Hall–Kier alpha value is -0.0400. The second-order valence-corrected chi connectivity index (χ2v) is 5.38. The van der Waals surface area contributed by atoms with Crippen LogP contribution in [0.3, 0.4) is 0 Å². The molecule has 13 heavy (non-hydrogen) atoms. The maximum atomic E-state index is 3.53. The van der Waals surface area contributed by atoms with Crippen molar-refractivity contribution in [2.45, 2.75) is 57.9 Å². The van der Waals surface area contributed by atoms with E-state index in [0.29, 0.717) is 5.41 Å². The average molecular weight is 181 g/mol. The summed E-state index contributed by atoms with van der Waals surface area (Å²) in [4.78, 5) is 0. The van der Waals surface area contributed by atoms with Crippen molar-refractivity contribution in [3.05, 3.63) is 0 Å². The summed E-state index contributed by atoms with van der Waals surface area (Å²) in [5.41, 5.74) is 0.664. The van der Waals surface area contributed by atoms with Gasteiger partial charge in [0.15, 0.2) is 0 Å². The van der Waals surface area contributed by atoms with Crippen LogP contribution in [0.15, 0.2) is 0 Å². The lowest BCUT2D eigenvalue weighted by Gasteiger charge is -2.25. The molecule has 0 bridgehead atoms. The number of rotatable bonds is 4. The predicted molar refractivity (Wildman–Crippen MR) is 56.8 cm³/mol. The van der Waals surface area contributed by atoms with Gasteiger partial charge >= 0.3 is 0 Å². The van der Waals surface area contributed by atoms with Crippen LogP contribution in [0, 0.1) is 11.3 Å². The number of nitrogens with one attached hydrogen (secondary N) is 1. The molecule has 1 nitrogen and oxygen atoms in total. The van der Waals surface area contributed by atoms with Crippen molar-refractivity contribution in [3.63, 3.8) is 0 Å². The molecule has 0 amide bonds. The topological polar surface area (TPSA) is 12.0 Å². The average Bonchev–Trinajstić information content (AvgIpc) is 2.70. The summed E-state index contributed by atoms with van der Waals surface area (Å²) in [6.45, 7) is 2.45. The van der Waals surface area contributed by atoms with E-state index in [1.165, 1.54) is 44.9 Å². The molecule has 0 aliphatic heterocycles. The van der Waals surface area contributed by atoms with Crippen molar-refractivity contribution in [1.29, 1.82) is 0 Å². The monoisotopic (exact) mass is 181 g/mol. The standard InChI is InChI=1S/C12H23N/c1-12(7-8-12)11(13-2)9-10-5-3-4-6-10/h10-11,13H,3-9H2,1-2H3. The van der Waals surface area contributed by atoms with Gasteiger partial charge in [-0.25, -0.2) is 0 Å². The second-order valence-electron chi connectivity index (χ2n) is 5.38. The minimum absolute atomic E-state index is 0.664. The van der Waals surface area contributed by atoms with Gasteiger partial charge in [0.1, 0.15) is 0 Å². The molecule has 1 atom stereocenters. The Labute approximate surface area is 82.3 Å². The molecule has 76 valence electrons. The molecule has 0 aromatic heterocycles. The van der Waals surface area contributed by atoms with Crippen LogP contribution >= 0.6 is 0 Å². The molecule has 1 N–H and O–H groups in total. The minimum atomic E-state index is 0.664. The van der Waals surface area contributed by atoms with Gasteiger partial charge in [-0.3, -0.25) is 0 Å². The Balaban J connectivity index is 1.83. The fraction of sp³-hybridized carbons (Fsp3) is 1.00. The molecule has 0 saturated heterocycles. The summed E-state index contributed by atoms with van der Waals surface area (Å²) >= 11 is 0. The van der Waals surface area contributed by atoms with E-state index in [4.69, 9.17) is 0 Å². The lowest BCUT2D eigenvalue weighted by atomic mass is 9.88. The molecule has 2 rings (SSSR count). The van der Waals surface area contributed by atoms with Gasteiger partial charge in [0.25, 0.3) is 0 Å². The van der Waals surface area contributed by atoms with Gasteiger partial charge < -0.3 is 5.32 Å². The molecular weight excluding hydrogens is 158 g/mol. The molecular formula is C12H23N. The maximum absolute atomic E-state index is 3.53. The van der Waals surface area contributed by atoms with Crippen LogP contribution in [0.4, 0.5) is 0 Å². The lowest BCUT2D eigenvalue weighted by Crippen LogP contribution is -2.34. The van der Waals surface area contributed by atoms with E-state index < -0.39 is 0 Å². The van der Waals surface area contributed by atoms with E-state index in [9.17, 15) is 0 Å².